The molecule has 1 unspecified atom stereocenters. The largest absolute Gasteiger partial charge is 0.545 e. The molecule has 1 aromatic heterocycles. The van der Waals surface area contributed by atoms with Gasteiger partial charge in [-0.25, -0.2) is 4.99 Å². The minimum Gasteiger partial charge on any atom is -0.545 e. The lowest BCUT2D eigenvalue weighted by Crippen LogP contribution is -2.38. The van der Waals surface area contributed by atoms with Crippen molar-refractivity contribution < 1.29 is 14.6 Å². The number of hydrogen-bond acceptors (Lipinski definition) is 6. The van der Waals surface area contributed by atoms with Crippen LogP contribution in [0.4, 0.5) is 0 Å². The summed E-state index contributed by atoms with van der Waals surface area (Å²) in [6.45, 7) is 0. The molecule has 0 fully saturated rings. The highest BCUT2D eigenvalue weighted by Crippen LogP contribution is 2.41. The Kier molecular flexibility index (Phi) is 5.42. The second-order valence-corrected chi connectivity index (χ2v) is 9.81. The third-order valence-electron chi connectivity index (χ3n) is 6.75. The fraction of sp³-hybridized carbons (Fsp3) is 0.138. The molecule has 178 valence electrons. The van der Waals surface area contributed by atoms with Gasteiger partial charge in [0.1, 0.15) is 5.75 Å². The molecule has 6 nitrogen and oxygen atoms in total. The number of aromatic nitrogens is 1. The number of rotatable bonds is 4. The molecule has 1 aliphatic heterocycles. The van der Waals surface area contributed by atoms with Crippen LogP contribution in [0.2, 0.25) is 0 Å². The van der Waals surface area contributed by atoms with Gasteiger partial charge < -0.3 is 14.6 Å². The van der Waals surface area contributed by atoms with Gasteiger partial charge in [0.2, 0.25) is 0 Å². The van der Waals surface area contributed by atoms with Gasteiger partial charge >= 0.3 is 0 Å². The fourth-order valence-corrected chi connectivity index (χ4v) is 5.98. The molecule has 0 bridgehead atoms. The average molecular weight is 494 g/mol. The number of allylic oxidation sites excluding steroid dienone is 1. The van der Waals surface area contributed by atoms with Crippen molar-refractivity contribution in [2.75, 3.05) is 7.11 Å². The van der Waals surface area contributed by atoms with Crippen molar-refractivity contribution in [1.29, 1.82) is 0 Å². The highest BCUT2D eigenvalue weighted by Gasteiger charge is 2.32. The molecule has 0 N–H and O–H groups in total. The maximum absolute atomic E-state index is 13.8. The Morgan fingerprint density at radius 2 is 1.81 bits per heavy atom. The van der Waals surface area contributed by atoms with Crippen LogP contribution in [0.25, 0.3) is 11.8 Å². The number of nitrogens with zero attached hydrogens (tertiary/aromatic N) is 2. The Bertz CT molecular complexity index is 1710. The monoisotopic (exact) mass is 493 g/mol. The van der Waals surface area contributed by atoms with E-state index in [0.717, 1.165) is 46.6 Å². The van der Waals surface area contributed by atoms with Gasteiger partial charge in [0.05, 0.1) is 29.4 Å². The Hall–Kier alpha value is -4.23. The fourth-order valence-electron chi connectivity index (χ4n) is 4.98. The van der Waals surface area contributed by atoms with E-state index in [0.29, 0.717) is 9.33 Å². The van der Waals surface area contributed by atoms with Gasteiger partial charge in [-0.1, -0.05) is 72.0 Å². The molecule has 0 saturated heterocycles. The van der Waals surface area contributed by atoms with E-state index in [2.05, 4.69) is 12.1 Å². The lowest BCUT2D eigenvalue weighted by atomic mass is 9.83. The average Bonchev–Trinajstić information content (AvgIpc) is 3.22. The standard InChI is InChI=1S/C29H22N2O4S/c1-35-21-13-10-19(11-14-21)26-23-15-12-18-4-2-3-5-22(18)25(23)30-29-31(26)27(32)24(36-29)16-17-6-8-20(9-7-17)28(33)34/h2-11,13-14,16,26H,12,15H2,1H3,(H,33,34)/p-1/b24-16+. The number of thiazole rings is 1. The van der Waals surface area contributed by atoms with Gasteiger partial charge in [-0.05, 0) is 58.9 Å². The van der Waals surface area contributed by atoms with E-state index < -0.39 is 5.97 Å². The van der Waals surface area contributed by atoms with Crippen molar-refractivity contribution in [2.24, 2.45) is 4.99 Å². The minimum atomic E-state index is -1.23. The number of benzene rings is 3. The number of carboxylic acids is 1. The molecule has 6 rings (SSSR count). The number of carbonyl (C=O) groups is 1. The Labute approximate surface area is 210 Å². The smallest absolute Gasteiger partial charge is 0.271 e. The number of ether oxygens (including phenoxy) is 1. The van der Waals surface area contributed by atoms with Crippen LogP contribution in [0.5, 0.6) is 5.75 Å². The van der Waals surface area contributed by atoms with Crippen molar-refractivity contribution in [3.63, 3.8) is 0 Å². The number of fused-ring (bicyclic) bond motifs is 3. The molecule has 0 amide bonds. The van der Waals surface area contributed by atoms with Crippen LogP contribution in [-0.2, 0) is 6.42 Å². The third-order valence-corrected chi connectivity index (χ3v) is 7.73. The van der Waals surface area contributed by atoms with Crippen molar-refractivity contribution in [2.45, 2.75) is 18.9 Å². The minimum absolute atomic E-state index is 0.0967. The van der Waals surface area contributed by atoms with Gasteiger partial charge in [-0.15, -0.1) is 0 Å². The Balaban J connectivity index is 1.56. The van der Waals surface area contributed by atoms with E-state index in [9.17, 15) is 14.7 Å². The second-order valence-electron chi connectivity index (χ2n) is 8.80. The third kappa shape index (κ3) is 3.69. The van der Waals surface area contributed by atoms with Crippen LogP contribution in [0, 0.1) is 0 Å². The summed E-state index contributed by atoms with van der Waals surface area (Å²) in [6, 6.07) is 22.2. The zero-order valence-corrected chi connectivity index (χ0v) is 20.2. The lowest BCUT2D eigenvalue weighted by molar-refractivity contribution is -0.255. The molecule has 0 spiro atoms. The first-order chi connectivity index (χ1) is 17.5. The summed E-state index contributed by atoms with van der Waals surface area (Å²) in [5, 5.41) is 11.1. The maximum Gasteiger partial charge on any atom is 0.271 e. The molecule has 2 aliphatic rings. The van der Waals surface area contributed by atoms with Crippen LogP contribution in [-0.4, -0.2) is 17.6 Å². The zero-order chi connectivity index (χ0) is 24.8. The predicted octanol–water partition coefficient (Wildman–Crippen LogP) is 2.69. The van der Waals surface area contributed by atoms with Gasteiger partial charge in [0.25, 0.3) is 5.56 Å². The quantitative estimate of drug-likeness (QED) is 0.438. The molecular formula is C29H21N2O4S-. The molecule has 3 aromatic carbocycles. The Morgan fingerprint density at radius 3 is 2.53 bits per heavy atom. The number of hydrogen-bond donors (Lipinski definition) is 0. The van der Waals surface area contributed by atoms with E-state index >= 15 is 0 Å². The van der Waals surface area contributed by atoms with Crippen LogP contribution < -0.4 is 24.7 Å². The van der Waals surface area contributed by atoms with Crippen molar-refractivity contribution in [3.05, 3.63) is 126 Å². The number of aromatic carboxylic acids is 1. The summed E-state index contributed by atoms with van der Waals surface area (Å²) in [5.74, 6) is -0.472. The first kappa shape index (κ1) is 22.2. The SMILES string of the molecule is COc1ccc(C2C3=C(N=c4s/c(=C/c5ccc(C(=O)[O-])cc5)c(=O)n42)c2ccccc2CC3)cc1. The summed E-state index contributed by atoms with van der Waals surface area (Å²) in [6.07, 6.45) is 3.50. The van der Waals surface area contributed by atoms with Crippen molar-refractivity contribution in [3.8, 4) is 5.75 Å². The van der Waals surface area contributed by atoms with E-state index in [4.69, 9.17) is 9.73 Å². The van der Waals surface area contributed by atoms with E-state index in [1.165, 1.54) is 29.0 Å². The van der Waals surface area contributed by atoms with Crippen molar-refractivity contribution in [1.82, 2.24) is 4.57 Å². The highest BCUT2D eigenvalue weighted by molar-refractivity contribution is 7.07. The molecule has 36 heavy (non-hydrogen) atoms. The van der Waals surface area contributed by atoms with Gasteiger partial charge in [0.15, 0.2) is 4.80 Å². The number of methoxy groups -OCH3 is 1. The Morgan fingerprint density at radius 1 is 1.06 bits per heavy atom. The first-order valence-electron chi connectivity index (χ1n) is 11.6. The molecule has 1 atom stereocenters. The van der Waals surface area contributed by atoms with Crippen LogP contribution >= 0.6 is 11.3 Å². The molecule has 7 heteroatoms. The van der Waals surface area contributed by atoms with Gasteiger partial charge in [-0.2, -0.15) is 0 Å². The zero-order valence-electron chi connectivity index (χ0n) is 19.4. The number of carboxylic acid groups (broad SMARTS) is 1. The molecule has 0 radical (unpaired) electrons. The van der Waals surface area contributed by atoms with Gasteiger partial charge in [0, 0.05) is 5.56 Å². The summed E-state index contributed by atoms with van der Waals surface area (Å²) in [4.78, 5) is 30.5. The number of aryl methyl sites for hydroxylation is 1. The molecule has 0 saturated carbocycles. The van der Waals surface area contributed by atoms with E-state index in [1.807, 2.05) is 36.4 Å². The lowest BCUT2D eigenvalue weighted by Gasteiger charge is -2.30. The summed E-state index contributed by atoms with van der Waals surface area (Å²) in [7, 11) is 1.64. The summed E-state index contributed by atoms with van der Waals surface area (Å²) < 4.78 is 7.69. The maximum atomic E-state index is 13.8. The van der Waals surface area contributed by atoms with E-state index in [-0.39, 0.29) is 17.2 Å². The van der Waals surface area contributed by atoms with Gasteiger partial charge in [-0.3, -0.25) is 9.36 Å². The van der Waals surface area contributed by atoms with Crippen LogP contribution in [0.1, 0.15) is 45.1 Å². The normalized spacial score (nSPS) is 16.6. The molecule has 4 aromatic rings. The molecular weight excluding hydrogens is 472 g/mol. The molecule has 2 heterocycles. The topological polar surface area (TPSA) is 83.7 Å². The predicted molar refractivity (Wildman–Crippen MR) is 137 cm³/mol. The highest BCUT2D eigenvalue weighted by atomic mass is 32.1. The van der Waals surface area contributed by atoms with Crippen molar-refractivity contribution >= 4 is 29.1 Å². The van der Waals surface area contributed by atoms with Crippen LogP contribution in [0.3, 0.4) is 0 Å². The first-order valence-corrected chi connectivity index (χ1v) is 12.4. The summed E-state index contributed by atoms with van der Waals surface area (Å²) >= 11 is 1.34. The second kappa shape index (κ2) is 8.77. The van der Waals surface area contributed by atoms with E-state index in [1.54, 1.807) is 29.9 Å². The number of carbonyl (C=O) groups excluding carboxylic acids is 1. The summed E-state index contributed by atoms with van der Waals surface area (Å²) in [5.41, 5.74) is 6.19. The molecule has 1 aliphatic carbocycles. The van der Waals surface area contributed by atoms with Crippen LogP contribution in [0.15, 0.2) is 88.2 Å².